The van der Waals surface area contributed by atoms with Crippen molar-refractivity contribution in [3.8, 4) is 0 Å². The summed E-state index contributed by atoms with van der Waals surface area (Å²) in [5, 5.41) is 0.753. The van der Waals surface area contributed by atoms with Crippen molar-refractivity contribution >= 4 is 27.2 Å². The Labute approximate surface area is 96.4 Å². The highest BCUT2D eigenvalue weighted by molar-refractivity contribution is 7.94. The average molecular weight is 253 g/mol. The van der Waals surface area contributed by atoms with Crippen LogP contribution in [0.1, 0.15) is 27.2 Å². The first-order valence-corrected chi connectivity index (χ1v) is 6.94. The molecule has 3 nitrogen and oxygen atoms in total. The Morgan fingerprint density at radius 2 is 1.87 bits per heavy atom. The molecule has 0 aliphatic carbocycles. The lowest BCUT2D eigenvalue weighted by molar-refractivity contribution is -0.119. The maximum absolute atomic E-state index is 11.4. The molecule has 1 atom stereocenters. The molecular weight excluding hydrogens is 236 g/mol. The molecule has 0 aromatic carbocycles. The van der Waals surface area contributed by atoms with Gasteiger partial charge in [0.1, 0.15) is 0 Å². The fraction of sp³-hybridized carbons (Fsp3) is 0.700. The number of rotatable bonds is 6. The molecule has 0 aliphatic rings. The predicted molar refractivity (Wildman–Crippen MR) is 62.7 cm³/mol. The van der Waals surface area contributed by atoms with Gasteiger partial charge in [-0.15, -0.1) is 11.6 Å². The number of allylic oxidation sites excluding steroid dienone is 1. The number of hydrogen-bond acceptors (Lipinski definition) is 3. The van der Waals surface area contributed by atoms with Gasteiger partial charge in [0.25, 0.3) is 0 Å². The molecular formula is C10H17ClO3S. The molecule has 15 heavy (non-hydrogen) atoms. The molecule has 0 amide bonds. The van der Waals surface area contributed by atoms with Crippen molar-refractivity contribution in [2.24, 2.45) is 5.92 Å². The van der Waals surface area contributed by atoms with Gasteiger partial charge in [-0.05, 0) is 20.3 Å². The van der Waals surface area contributed by atoms with Crippen molar-refractivity contribution in [3.05, 3.63) is 11.5 Å². The molecule has 0 spiro atoms. The highest BCUT2D eigenvalue weighted by atomic mass is 35.5. The van der Waals surface area contributed by atoms with E-state index >= 15 is 0 Å². The third kappa shape index (κ3) is 5.33. The second-order valence-electron chi connectivity index (χ2n) is 3.75. The summed E-state index contributed by atoms with van der Waals surface area (Å²) in [6, 6.07) is 0. The van der Waals surface area contributed by atoms with Crippen LogP contribution in [0.2, 0.25) is 0 Å². The van der Waals surface area contributed by atoms with Crippen molar-refractivity contribution in [3.63, 3.8) is 0 Å². The van der Waals surface area contributed by atoms with Gasteiger partial charge >= 0.3 is 0 Å². The monoisotopic (exact) mass is 252 g/mol. The van der Waals surface area contributed by atoms with Gasteiger partial charge in [-0.2, -0.15) is 0 Å². The average Bonchev–Trinajstić information content (AvgIpc) is 2.15. The minimum atomic E-state index is -3.15. The van der Waals surface area contributed by atoms with Gasteiger partial charge in [-0.3, -0.25) is 4.79 Å². The minimum absolute atomic E-state index is 0.0219. The highest BCUT2D eigenvalue weighted by Gasteiger charge is 2.13. The lowest BCUT2D eigenvalue weighted by Crippen LogP contribution is -2.12. The van der Waals surface area contributed by atoms with Gasteiger partial charge in [-0.1, -0.05) is 13.0 Å². The van der Waals surface area contributed by atoms with Crippen LogP contribution in [0, 0.1) is 5.92 Å². The first-order valence-electron chi connectivity index (χ1n) is 4.80. The van der Waals surface area contributed by atoms with Crippen LogP contribution < -0.4 is 0 Å². The van der Waals surface area contributed by atoms with Gasteiger partial charge in [0.2, 0.25) is 0 Å². The molecule has 0 N–H and O–H groups in total. The van der Waals surface area contributed by atoms with E-state index in [1.165, 1.54) is 11.5 Å². The van der Waals surface area contributed by atoms with E-state index in [9.17, 15) is 13.2 Å². The number of Topliss-reactive ketones (excluding diaryl/α,β-unsaturated/α-hetero) is 1. The van der Waals surface area contributed by atoms with Gasteiger partial charge in [0, 0.05) is 11.3 Å². The summed E-state index contributed by atoms with van der Waals surface area (Å²) in [7, 11) is -3.15. The van der Waals surface area contributed by atoms with Crippen LogP contribution in [0.5, 0.6) is 0 Å². The molecule has 0 saturated carbocycles. The molecule has 88 valence electrons. The largest absolute Gasteiger partial charge is 0.298 e. The van der Waals surface area contributed by atoms with Crippen LogP contribution in [0.25, 0.3) is 0 Å². The highest BCUT2D eigenvalue weighted by Crippen LogP contribution is 2.08. The van der Waals surface area contributed by atoms with Gasteiger partial charge in [0.05, 0.1) is 11.1 Å². The SMILES string of the molecule is CC(C/C=C\S(=O)(=O)C(C)C)C(=O)CCl. The molecule has 1 unspecified atom stereocenters. The molecule has 0 heterocycles. The van der Waals surface area contributed by atoms with Crippen LogP contribution in [-0.2, 0) is 14.6 Å². The maximum Gasteiger partial charge on any atom is 0.173 e. The minimum Gasteiger partial charge on any atom is -0.298 e. The van der Waals surface area contributed by atoms with Crippen LogP contribution >= 0.6 is 11.6 Å². The third-order valence-corrected chi connectivity index (χ3v) is 4.26. The topological polar surface area (TPSA) is 51.2 Å². The lowest BCUT2D eigenvalue weighted by Gasteiger charge is -2.05. The molecule has 5 heteroatoms. The standard InChI is InChI=1S/C10H17ClO3S/c1-8(2)15(13,14)6-4-5-9(3)10(12)7-11/h4,6,8-9H,5,7H2,1-3H3/b6-4-. The Hall–Kier alpha value is -0.350. The van der Waals surface area contributed by atoms with E-state index < -0.39 is 15.1 Å². The second-order valence-corrected chi connectivity index (χ2v) is 6.41. The van der Waals surface area contributed by atoms with E-state index in [1.54, 1.807) is 20.8 Å². The van der Waals surface area contributed by atoms with Gasteiger partial charge < -0.3 is 0 Å². The zero-order chi connectivity index (χ0) is 12.1. The van der Waals surface area contributed by atoms with Crippen molar-refractivity contribution < 1.29 is 13.2 Å². The Morgan fingerprint density at radius 1 is 1.33 bits per heavy atom. The molecule has 0 saturated heterocycles. The van der Waals surface area contributed by atoms with Crippen LogP contribution in [0.4, 0.5) is 0 Å². The first kappa shape index (κ1) is 14.6. The summed E-state index contributed by atoms with van der Waals surface area (Å²) in [5.74, 6) is -0.310. The number of hydrogen-bond donors (Lipinski definition) is 0. The predicted octanol–water partition coefficient (Wildman–Crippen LogP) is 2.16. The fourth-order valence-electron chi connectivity index (χ4n) is 0.814. The van der Waals surface area contributed by atoms with Gasteiger partial charge in [-0.25, -0.2) is 8.42 Å². The quantitative estimate of drug-likeness (QED) is 0.681. The summed E-state index contributed by atoms with van der Waals surface area (Å²) in [4.78, 5) is 11.1. The van der Waals surface area contributed by atoms with E-state index in [4.69, 9.17) is 11.6 Å². The smallest absolute Gasteiger partial charge is 0.173 e. The normalized spacial score (nSPS) is 14.7. The van der Waals surface area contributed by atoms with Crippen molar-refractivity contribution in [2.75, 3.05) is 5.88 Å². The lowest BCUT2D eigenvalue weighted by atomic mass is 10.0. The number of alkyl halides is 1. The van der Waals surface area contributed by atoms with Crippen molar-refractivity contribution in [1.82, 2.24) is 0 Å². The van der Waals surface area contributed by atoms with Crippen LogP contribution in [0.3, 0.4) is 0 Å². The Kier molecular flexibility index (Phi) is 6.13. The van der Waals surface area contributed by atoms with E-state index in [2.05, 4.69) is 0 Å². The Morgan fingerprint density at radius 3 is 2.27 bits per heavy atom. The number of sulfone groups is 1. The first-order chi connectivity index (χ1) is 6.81. The van der Waals surface area contributed by atoms with Crippen LogP contribution in [0.15, 0.2) is 11.5 Å². The molecule has 0 aliphatic heterocycles. The molecule has 0 radical (unpaired) electrons. The zero-order valence-electron chi connectivity index (χ0n) is 9.23. The van der Waals surface area contributed by atoms with E-state index in [0.29, 0.717) is 6.42 Å². The van der Waals surface area contributed by atoms with Crippen molar-refractivity contribution in [2.45, 2.75) is 32.4 Å². The van der Waals surface area contributed by atoms with E-state index in [0.717, 1.165) is 0 Å². The summed E-state index contributed by atoms with van der Waals surface area (Å²) in [5.41, 5.74) is 0. The molecule has 0 aromatic rings. The van der Waals surface area contributed by atoms with Crippen LogP contribution in [-0.4, -0.2) is 25.3 Å². The molecule has 0 fully saturated rings. The number of carbonyl (C=O) groups is 1. The van der Waals surface area contributed by atoms with Gasteiger partial charge in [0.15, 0.2) is 15.6 Å². The fourth-order valence-corrected chi connectivity index (χ4v) is 1.77. The number of carbonyl (C=O) groups excluding carboxylic acids is 1. The van der Waals surface area contributed by atoms with E-state index in [1.807, 2.05) is 0 Å². The maximum atomic E-state index is 11.4. The molecule has 0 rings (SSSR count). The Bertz CT molecular complexity index is 331. The summed E-state index contributed by atoms with van der Waals surface area (Å²) < 4.78 is 22.7. The zero-order valence-corrected chi connectivity index (χ0v) is 10.8. The van der Waals surface area contributed by atoms with Crippen molar-refractivity contribution in [1.29, 1.82) is 0 Å². The summed E-state index contributed by atoms with van der Waals surface area (Å²) in [6.45, 7) is 4.97. The third-order valence-electron chi connectivity index (χ3n) is 2.11. The Balaban J connectivity index is 4.29. The summed E-state index contributed by atoms with van der Waals surface area (Å²) in [6.07, 6.45) is 1.93. The molecule has 0 bridgehead atoms. The second kappa shape index (κ2) is 6.28. The van der Waals surface area contributed by atoms with E-state index in [-0.39, 0.29) is 17.6 Å². The number of halogens is 1. The number of ketones is 1. The summed E-state index contributed by atoms with van der Waals surface area (Å²) >= 11 is 5.37. The molecule has 0 aromatic heterocycles.